The van der Waals surface area contributed by atoms with Crippen molar-refractivity contribution in [2.75, 3.05) is 24.6 Å². The van der Waals surface area contributed by atoms with Crippen molar-refractivity contribution in [3.63, 3.8) is 0 Å². The Hall–Kier alpha value is -0.760. The summed E-state index contributed by atoms with van der Waals surface area (Å²) in [7, 11) is -0.656. The Bertz CT molecular complexity index is 500. The zero-order valence-corrected chi connectivity index (χ0v) is 12.8. The van der Waals surface area contributed by atoms with Gasteiger partial charge in [-0.25, -0.2) is 5.84 Å². The van der Waals surface area contributed by atoms with Gasteiger partial charge in [0.15, 0.2) is 0 Å². The molecule has 3 N–H and O–H groups in total. The molecular formula is C12H16BrN3O2S. The topological polar surface area (TPSA) is 75.4 Å². The van der Waals surface area contributed by atoms with Gasteiger partial charge < -0.3 is 0 Å². The van der Waals surface area contributed by atoms with Crippen molar-refractivity contribution in [3.05, 3.63) is 33.8 Å². The molecule has 0 aliphatic carbocycles. The van der Waals surface area contributed by atoms with Gasteiger partial charge in [-0.05, 0) is 17.7 Å². The largest absolute Gasteiger partial charge is 0.297 e. The molecule has 1 heterocycles. The molecule has 0 unspecified atom stereocenters. The maximum atomic E-state index is 11.4. The molecule has 1 aromatic carbocycles. The van der Waals surface area contributed by atoms with E-state index in [9.17, 15) is 9.00 Å². The normalized spacial score (nSPS) is 17.4. The van der Waals surface area contributed by atoms with Gasteiger partial charge in [0.1, 0.15) is 0 Å². The molecule has 0 radical (unpaired) electrons. The first-order valence-corrected chi connectivity index (χ1v) is 8.25. The van der Waals surface area contributed by atoms with Gasteiger partial charge in [0.2, 0.25) is 0 Å². The smallest absolute Gasteiger partial charge is 0.265 e. The van der Waals surface area contributed by atoms with Gasteiger partial charge in [-0.15, -0.1) is 0 Å². The van der Waals surface area contributed by atoms with Crippen molar-refractivity contribution in [3.8, 4) is 0 Å². The summed E-state index contributed by atoms with van der Waals surface area (Å²) < 4.78 is 12.2. The minimum atomic E-state index is -0.656. The molecule has 1 aliphatic heterocycles. The lowest BCUT2D eigenvalue weighted by molar-refractivity contribution is 0.0953. The Kier molecular flexibility index (Phi) is 5.09. The number of hydrogen-bond acceptors (Lipinski definition) is 4. The Labute approximate surface area is 123 Å². The van der Waals surface area contributed by atoms with E-state index in [0.29, 0.717) is 5.56 Å². The molecule has 1 amide bonds. The number of carbonyl (C=O) groups is 1. The lowest BCUT2D eigenvalue weighted by Gasteiger charge is -2.26. The van der Waals surface area contributed by atoms with Crippen LogP contribution in [0.2, 0.25) is 0 Å². The summed E-state index contributed by atoms with van der Waals surface area (Å²) in [5, 5.41) is 0. The average Bonchev–Trinajstić information content (AvgIpc) is 2.42. The van der Waals surface area contributed by atoms with E-state index in [1.807, 2.05) is 6.07 Å². The van der Waals surface area contributed by atoms with Crippen LogP contribution in [0, 0.1) is 0 Å². The molecule has 0 spiro atoms. The van der Waals surface area contributed by atoms with Crippen molar-refractivity contribution < 1.29 is 9.00 Å². The summed E-state index contributed by atoms with van der Waals surface area (Å²) >= 11 is 3.48. The number of nitrogens with two attached hydrogens (primary N) is 1. The Balaban J connectivity index is 2.05. The van der Waals surface area contributed by atoms with Gasteiger partial charge in [0.25, 0.3) is 5.91 Å². The highest BCUT2D eigenvalue weighted by Crippen LogP contribution is 2.21. The standard InChI is InChI=1S/C12H16BrN3O2S/c13-11-7-9(12(17)15-14)1-2-10(11)8-16-3-5-19(18)6-4-16/h1-2,7H,3-6,8,14H2,(H,15,17). The molecule has 1 aliphatic rings. The third-order valence-corrected chi connectivity index (χ3v) is 5.12. The van der Waals surface area contributed by atoms with Crippen LogP contribution >= 0.6 is 15.9 Å². The fourth-order valence-electron chi connectivity index (χ4n) is 1.97. The zero-order valence-electron chi connectivity index (χ0n) is 10.4. The van der Waals surface area contributed by atoms with E-state index < -0.39 is 10.8 Å². The van der Waals surface area contributed by atoms with Crippen molar-refractivity contribution in [2.45, 2.75) is 6.54 Å². The maximum Gasteiger partial charge on any atom is 0.265 e. The Morgan fingerprint density at radius 1 is 1.42 bits per heavy atom. The summed E-state index contributed by atoms with van der Waals surface area (Å²) in [4.78, 5) is 13.7. The number of nitrogens with zero attached hydrogens (tertiary/aromatic N) is 1. The predicted molar refractivity (Wildman–Crippen MR) is 78.9 cm³/mol. The lowest BCUT2D eigenvalue weighted by atomic mass is 10.1. The molecule has 1 saturated heterocycles. The molecule has 1 aromatic rings. The van der Waals surface area contributed by atoms with Gasteiger partial charge in [-0.1, -0.05) is 22.0 Å². The summed E-state index contributed by atoms with van der Waals surface area (Å²) in [6.07, 6.45) is 0. The Morgan fingerprint density at radius 2 is 2.11 bits per heavy atom. The van der Waals surface area contributed by atoms with Gasteiger partial charge in [-0.3, -0.25) is 19.3 Å². The van der Waals surface area contributed by atoms with Crippen molar-refractivity contribution in [1.82, 2.24) is 10.3 Å². The highest BCUT2D eigenvalue weighted by molar-refractivity contribution is 9.10. The number of amides is 1. The maximum absolute atomic E-state index is 11.4. The molecule has 2 rings (SSSR count). The molecule has 7 heteroatoms. The van der Waals surface area contributed by atoms with Gasteiger partial charge >= 0.3 is 0 Å². The lowest BCUT2D eigenvalue weighted by Crippen LogP contribution is -2.37. The fraction of sp³-hybridized carbons (Fsp3) is 0.417. The first kappa shape index (κ1) is 14.6. The van der Waals surface area contributed by atoms with Crippen LogP contribution in [0.1, 0.15) is 15.9 Å². The van der Waals surface area contributed by atoms with E-state index >= 15 is 0 Å². The monoisotopic (exact) mass is 345 g/mol. The second kappa shape index (κ2) is 6.60. The SMILES string of the molecule is NNC(=O)c1ccc(CN2CCS(=O)CC2)c(Br)c1. The van der Waals surface area contributed by atoms with Crippen molar-refractivity contribution in [2.24, 2.45) is 5.84 Å². The van der Waals surface area contributed by atoms with Crippen LogP contribution in [-0.2, 0) is 17.3 Å². The zero-order chi connectivity index (χ0) is 13.8. The summed E-state index contributed by atoms with van der Waals surface area (Å²) in [5.41, 5.74) is 3.75. The summed E-state index contributed by atoms with van der Waals surface area (Å²) in [6.45, 7) is 2.50. The minimum absolute atomic E-state index is 0.305. The van der Waals surface area contributed by atoms with Gasteiger partial charge in [0.05, 0.1) is 0 Å². The Morgan fingerprint density at radius 3 is 2.68 bits per heavy atom. The first-order valence-electron chi connectivity index (χ1n) is 5.97. The van der Waals surface area contributed by atoms with Crippen LogP contribution in [0.5, 0.6) is 0 Å². The van der Waals surface area contributed by atoms with Crippen LogP contribution in [0.25, 0.3) is 0 Å². The van der Waals surface area contributed by atoms with Gasteiger partial charge in [-0.2, -0.15) is 0 Å². The second-order valence-electron chi connectivity index (χ2n) is 4.40. The van der Waals surface area contributed by atoms with Crippen LogP contribution in [0.4, 0.5) is 0 Å². The first-order chi connectivity index (χ1) is 9.10. The number of carbonyl (C=O) groups excluding carboxylic acids is 1. The highest BCUT2D eigenvalue weighted by atomic mass is 79.9. The van der Waals surface area contributed by atoms with E-state index in [4.69, 9.17) is 5.84 Å². The minimum Gasteiger partial charge on any atom is -0.297 e. The molecule has 19 heavy (non-hydrogen) atoms. The molecular weight excluding hydrogens is 330 g/mol. The van der Waals surface area contributed by atoms with Crippen LogP contribution in [-0.4, -0.2) is 39.6 Å². The quantitative estimate of drug-likeness (QED) is 0.478. The average molecular weight is 346 g/mol. The molecule has 0 saturated carbocycles. The molecule has 0 aromatic heterocycles. The third-order valence-electron chi connectivity index (χ3n) is 3.11. The van der Waals surface area contributed by atoms with E-state index in [0.717, 1.165) is 41.2 Å². The van der Waals surface area contributed by atoms with Crippen LogP contribution in [0.15, 0.2) is 22.7 Å². The van der Waals surface area contributed by atoms with Crippen LogP contribution in [0.3, 0.4) is 0 Å². The summed E-state index contributed by atoms with van der Waals surface area (Å²) in [6, 6.07) is 5.43. The number of hydrogen-bond donors (Lipinski definition) is 2. The summed E-state index contributed by atoms with van der Waals surface area (Å²) in [5.74, 6) is 6.28. The molecule has 104 valence electrons. The van der Waals surface area contributed by atoms with E-state index in [1.54, 1.807) is 12.1 Å². The molecule has 0 atom stereocenters. The number of nitrogen functional groups attached to an aromatic ring is 1. The van der Waals surface area contributed by atoms with Gasteiger partial charge in [0, 0.05) is 52.0 Å². The fourth-order valence-corrected chi connectivity index (χ4v) is 3.61. The molecule has 5 nitrogen and oxygen atoms in total. The third kappa shape index (κ3) is 3.85. The molecule has 1 fully saturated rings. The number of rotatable bonds is 3. The second-order valence-corrected chi connectivity index (χ2v) is 6.95. The number of hydrazine groups is 1. The number of halogens is 1. The van der Waals surface area contributed by atoms with Crippen LogP contribution < -0.4 is 11.3 Å². The van der Waals surface area contributed by atoms with E-state index in [-0.39, 0.29) is 5.91 Å². The van der Waals surface area contributed by atoms with E-state index in [2.05, 4.69) is 26.3 Å². The number of benzene rings is 1. The van der Waals surface area contributed by atoms with Crippen molar-refractivity contribution >= 4 is 32.6 Å². The predicted octanol–water partition coefficient (Wildman–Crippen LogP) is 0.617. The molecule has 0 bridgehead atoms. The van der Waals surface area contributed by atoms with E-state index in [1.165, 1.54) is 0 Å². The van der Waals surface area contributed by atoms with Crippen molar-refractivity contribution in [1.29, 1.82) is 0 Å². The highest BCUT2D eigenvalue weighted by Gasteiger charge is 2.16. The number of nitrogens with one attached hydrogen (secondary N) is 1.